The van der Waals surface area contributed by atoms with E-state index in [4.69, 9.17) is 0 Å². The zero-order valence-corrected chi connectivity index (χ0v) is 12.5. The quantitative estimate of drug-likeness (QED) is 0.874. The van der Waals surface area contributed by atoms with Crippen LogP contribution in [0.3, 0.4) is 0 Å². The Labute approximate surface area is 114 Å². The summed E-state index contributed by atoms with van der Waals surface area (Å²) in [6, 6.07) is 2.27. The minimum Gasteiger partial charge on any atom is -0.303 e. The maximum Gasteiger partial charge on any atom is 0.141 e. The van der Waals surface area contributed by atoms with Gasteiger partial charge in [-0.1, -0.05) is 0 Å². The van der Waals surface area contributed by atoms with Crippen LogP contribution in [0.4, 0.5) is 0 Å². The van der Waals surface area contributed by atoms with Gasteiger partial charge in [0.05, 0.1) is 9.83 Å². The first-order valence-corrected chi connectivity index (χ1v) is 7.09. The van der Waals surface area contributed by atoms with E-state index < -0.39 is 0 Å². The number of hydrogen-bond acceptors (Lipinski definition) is 4. The molecule has 1 atom stereocenters. The Hall–Kier alpha value is -0.240. The van der Waals surface area contributed by atoms with E-state index in [0.717, 1.165) is 20.6 Å². The van der Waals surface area contributed by atoms with Crippen LogP contribution < -0.4 is 5.32 Å². The van der Waals surface area contributed by atoms with Gasteiger partial charge < -0.3 is 5.32 Å². The summed E-state index contributed by atoms with van der Waals surface area (Å²) in [5, 5.41) is 10.1. The van der Waals surface area contributed by atoms with E-state index in [0.29, 0.717) is 0 Å². The molecule has 0 saturated carbocycles. The molecule has 0 aliphatic rings. The first-order chi connectivity index (χ1) is 7.66. The van der Waals surface area contributed by atoms with Gasteiger partial charge in [0.15, 0.2) is 0 Å². The van der Waals surface area contributed by atoms with E-state index in [1.807, 2.05) is 0 Å². The molecule has 2 aromatic heterocycles. The molecule has 2 N–H and O–H groups in total. The number of aromatic amines is 1. The van der Waals surface area contributed by atoms with Gasteiger partial charge in [0.25, 0.3) is 0 Å². The summed E-state index contributed by atoms with van der Waals surface area (Å²) in [7, 11) is 0. The Morgan fingerprint density at radius 2 is 2.38 bits per heavy atom. The van der Waals surface area contributed by atoms with Crippen LogP contribution in [0.5, 0.6) is 0 Å². The molecule has 4 nitrogen and oxygen atoms in total. The lowest BCUT2D eigenvalue weighted by atomic mass is 10.3. The van der Waals surface area contributed by atoms with Crippen molar-refractivity contribution < 1.29 is 0 Å². The van der Waals surface area contributed by atoms with Gasteiger partial charge in [0, 0.05) is 15.9 Å². The van der Waals surface area contributed by atoms with Crippen molar-refractivity contribution in [1.29, 1.82) is 0 Å². The molecule has 0 fully saturated rings. The molecule has 0 aliphatic carbocycles. The molecule has 0 amide bonds. The number of nitrogens with zero attached hydrogens (tertiary/aromatic N) is 2. The topological polar surface area (TPSA) is 53.6 Å². The predicted molar refractivity (Wildman–Crippen MR) is 71.4 cm³/mol. The maximum atomic E-state index is 4.11. The standard InChI is InChI=1S/C9H10Br2N4S/c1-5(9-13-4-14-15-9)12-3-6-2-7(10)8(11)16-6/h2,4-5,12H,3H2,1H3,(H,13,14,15). The second-order valence-corrected chi connectivity index (χ2v) is 6.62. The van der Waals surface area contributed by atoms with Crippen molar-refractivity contribution in [2.45, 2.75) is 19.5 Å². The highest BCUT2D eigenvalue weighted by atomic mass is 79.9. The molecule has 2 heterocycles. The Morgan fingerprint density at radius 1 is 1.56 bits per heavy atom. The summed E-state index contributed by atoms with van der Waals surface area (Å²) < 4.78 is 2.22. The van der Waals surface area contributed by atoms with Crippen molar-refractivity contribution in [2.75, 3.05) is 0 Å². The van der Waals surface area contributed by atoms with Crippen molar-refractivity contribution in [1.82, 2.24) is 20.5 Å². The lowest BCUT2D eigenvalue weighted by Gasteiger charge is -2.09. The fourth-order valence-corrected chi connectivity index (χ4v) is 3.38. The molecule has 2 aromatic rings. The summed E-state index contributed by atoms with van der Waals surface area (Å²) >= 11 is 8.66. The Balaban J connectivity index is 1.92. The van der Waals surface area contributed by atoms with Crippen molar-refractivity contribution >= 4 is 43.2 Å². The summed E-state index contributed by atoms with van der Waals surface area (Å²) in [5.41, 5.74) is 0. The molecule has 16 heavy (non-hydrogen) atoms. The van der Waals surface area contributed by atoms with E-state index >= 15 is 0 Å². The van der Waals surface area contributed by atoms with E-state index in [2.05, 4.69) is 65.3 Å². The summed E-state index contributed by atoms with van der Waals surface area (Å²) in [5.74, 6) is 0.856. The smallest absolute Gasteiger partial charge is 0.141 e. The first kappa shape index (κ1) is 12.2. The molecule has 0 bridgehead atoms. The van der Waals surface area contributed by atoms with Gasteiger partial charge in [-0.15, -0.1) is 11.3 Å². The number of rotatable bonds is 4. The number of aromatic nitrogens is 3. The second-order valence-electron chi connectivity index (χ2n) is 3.31. The molecular weight excluding hydrogens is 356 g/mol. The van der Waals surface area contributed by atoms with Crippen LogP contribution >= 0.6 is 43.2 Å². The van der Waals surface area contributed by atoms with Crippen LogP contribution in [-0.2, 0) is 6.54 Å². The van der Waals surface area contributed by atoms with Crippen molar-refractivity contribution in [3.8, 4) is 0 Å². The molecule has 1 unspecified atom stereocenters. The molecule has 7 heteroatoms. The van der Waals surface area contributed by atoms with Gasteiger partial charge >= 0.3 is 0 Å². The number of hydrogen-bond donors (Lipinski definition) is 2. The van der Waals surface area contributed by atoms with E-state index in [-0.39, 0.29) is 6.04 Å². The molecule has 0 spiro atoms. The largest absolute Gasteiger partial charge is 0.303 e. The first-order valence-electron chi connectivity index (χ1n) is 4.69. The van der Waals surface area contributed by atoms with Crippen molar-refractivity contribution in [3.05, 3.63) is 31.4 Å². The third kappa shape index (κ3) is 2.91. The van der Waals surface area contributed by atoms with E-state index in [1.165, 1.54) is 11.2 Å². The predicted octanol–water partition coefficient (Wildman–Crippen LogP) is 3.24. The molecule has 2 rings (SSSR count). The number of halogens is 2. The third-order valence-corrected chi connectivity index (χ3v) is 5.38. The van der Waals surface area contributed by atoms with Gasteiger partial charge in [0.1, 0.15) is 12.2 Å². The molecule has 0 saturated heterocycles. The Kier molecular flexibility index (Phi) is 4.12. The van der Waals surface area contributed by atoms with Crippen LogP contribution in [0.2, 0.25) is 0 Å². The molecule has 0 radical (unpaired) electrons. The fourth-order valence-electron chi connectivity index (χ4n) is 1.25. The fraction of sp³-hybridized carbons (Fsp3) is 0.333. The minimum absolute atomic E-state index is 0.169. The van der Waals surface area contributed by atoms with Crippen LogP contribution in [0, 0.1) is 0 Å². The molecule has 0 aromatic carbocycles. The molecule has 0 aliphatic heterocycles. The van der Waals surface area contributed by atoms with Crippen molar-refractivity contribution in [2.24, 2.45) is 0 Å². The Bertz CT molecular complexity index is 435. The lowest BCUT2D eigenvalue weighted by molar-refractivity contribution is 0.551. The van der Waals surface area contributed by atoms with Gasteiger partial charge in [-0.25, -0.2) is 4.98 Å². The van der Waals surface area contributed by atoms with Crippen molar-refractivity contribution in [3.63, 3.8) is 0 Å². The highest BCUT2D eigenvalue weighted by molar-refractivity contribution is 9.13. The third-order valence-electron chi connectivity index (χ3n) is 2.12. The monoisotopic (exact) mass is 364 g/mol. The molecular formula is C9H10Br2N4S. The van der Waals surface area contributed by atoms with Gasteiger partial charge in [-0.05, 0) is 44.8 Å². The average Bonchev–Trinajstić information content (AvgIpc) is 2.86. The minimum atomic E-state index is 0.169. The average molecular weight is 366 g/mol. The summed E-state index contributed by atoms with van der Waals surface area (Å²) in [6.45, 7) is 2.87. The molecule has 86 valence electrons. The van der Waals surface area contributed by atoms with E-state index in [9.17, 15) is 0 Å². The lowest BCUT2D eigenvalue weighted by Crippen LogP contribution is -2.18. The van der Waals surface area contributed by atoms with Crippen LogP contribution in [0.1, 0.15) is 23.7 Å². The normalized spacial score (nSPS) is 12.9. The maximum absolute atomic E-state index is 4.11. The van der Waals surface area contributed by atoms with Crippen LogP contribution in [-0.4, -0.2) is 15.2 Å². The zero-order valence-electron chi connectivity index (χ0n) is 8.50. The van der Waals surface area contributed by atoms with Crippen LogP contribution in [0.15, 0.2) is 20.7 Å². The highest BCUT2D eigenvalue weighted by Gasteiger charge is 2.09. The van der Waals surface area contributed by atoms with Gasteiger partial charge in [0.2, 0.25) is 0 Å². The number of nitrogens with one attached hydrogen (secondary N) is 2. The van der Waals surface area contributed by atoms with Gasteiger partial charge in [-0.2, -0.15) is 5.10 Å². The highest BCUT2D eigenvalue weighted by Crippen LogP contribution is 2.32. The summed E-state index contributed by atoms with van der Waals surface area (Å²) in [4.78, 5) is 5.38. The zero-order chi connectivity index (χ0) is 11.5. The van der Waals surface area contributed by atoms with Crippen LogP contribution in [0.25, 0.3) is 0 Å². The van der Waals surface area contributed by atoms with E-state index in [1.54, 1.807) is 11.3 Å². The van der Waals surface area contributed by atoms with Gasteiger partial charge in [-0.3, -0.25) is 5.10 Å². The number of thiophene rings is 1. The second kappa shape index (κ2) is 5.39. The number of H-pyrrole nitrogens is 1. The summed E-state index contributed by atoms with van der Waals surface area (Å²) in [6.07, 6.45) is 1.52. The SMILES string of the molecule is CC(NCc1cc(Br)c(Br)s1)c1ncn[nH]1. The Morgan fingerprint density at radius 3 is 2.94 bits per heavy atom.